The molecule has 90 valence electrons. The molecule has 1 saturated heterocycles. The first kappa shape index (κ1) is 12.5. The zero-order valence-corrected chi connectivity index (χ0v) is 11.6. The highest BCUT2D eigenvalue weighted by atomic mass is 79.9. The van der Waals surface area contributed by atoms with Gasteiger partial charge < -0.3 is 10.1 Å². The van der Waals surface area contributed by atoms with Crippen LogP contribution in [0.2, 0.25) is 0 Å². The Morgan fingerprint density at radius 1 is 1.38 bits per heavy atom. The van der Waals surface area contributed by atoms with Gasteiger partial charge in [0.25, 0.3) is 0 Å². The van der Waals surface area contributed by atoms with E-state index in [9.17, 15) is 0 Å². The molecule has 0 aliphatic carbocycles. The second-order valence-electron chi connectivity index (χ2n) is 3.84. The second kappa shape index (κ2) is 6.71. The van der Waals surface area contributed by atoms with Gasteiger partial charge in [-0.15, -0.1) is 11.3 Å². The largest absolute Gasteiger partial charge is 0.379 e. The lowest BCUT2D eigenvalue weighted by Gasteiger charge is -2.26. The Hall–Kier alpha value is 0.0600. The summed E-state index contributed by atoms with van der Waals surface area (Å²) in [7, 11) is 0. The number of hydrogen-bond acceptors (Lipinski definition) is 4. The molecule has 0 amide bonds. The van der Waals surface area contributed by atoms with Crippen LogP contribution in [-0.4, -0.2) is 44.3 Å². The van der Waals surface area contributed by atoms with E-state index in [1.807, 2.05) is 0 Å². The molecule has 1 N–H and O–H groups in total. The maximum Gasteiger partial charge on any atom is 0.0701 e. The highest BCUT2D eigenvalue weighted by molar-refractivity contribution is 9.11. The van der Waals surface area contributed by atoms with Crippen molar-refractivity contribution >= 4 is 27.3 Å². The van der Waals surface area contributed by atoms with E-state index in [0.29, 0.717) is 0 Å². The van der Waals surface area contributed by atoms with Gasteiger partial charge in [0.15, 0.2) is 0 Å². The molecule has 1 aliphatic rings. The number of hydrogen-bond donors (Lipinski definition) is 1. The molecule has 0 aromatic carbocycles. The molecule has 0 bridgehead atoms. The minimum absolute atomic E-state index is 0.887. The van der Waals surface area contributed by atoms with E-state index in [-0.39, 0.29) is 0 Å². The van der Waals surface area contributed by atoms with Crippen molar-refractivity contribution < 1.29 is 4.74 Å². The summed E-state index contributed by atoms with van der Waals surface area (Å²) in [5, 5.41) is 3.47. The van der Waals surface area contributed by atoms with Gasteiger partial charge in [0.05, 0.1) is 17.0 Å². The summed E-state index contributed by atoms with van der Waals surface area (Å²) in [6.07, 6.45) is 0. The van der Waals surface area contributed by atoms with Crippen LogP contribution in [0.3, 0.4) is 0 Å². The fourth-order valence-corrected chi connectivity index (χ4v) is 3.17. The van der Waals surface area contributed by atoms with E-state index in [1.54, 1.807) is 11.3 Å². The SMILES string of the molecule is Brc1ccc(CNCCN2CCOCC2)s1. The monoisotopic (exact) mass is 304 g/mol. The van der Waals surface area contributed by atoms with Gasteiger partial charge in [0, 0.05) is 37.6 Å². The number of nitrogens with one attached hydrogen (secondary N) is 1. The number of thiophene rings is 1. The summed E-state index contributed by atoms with van der Waals surface area (Å²) < 4.78 is 6.52. The van der Waals surface area contributed by atoms with E-state index in [1.165, 1.54) is 8.66 Å². The van der Waals surface area contributed by atoms with Gasteiger partial charge in [-0.1, -0.05) is 0 Å². The van der Waals surface area contributed by atoms with Gasteiger partial charge >= 0.3 is 0 Å². The van der Waals surface area contributed by atoms with Crippen molar-refractivity contribution in [2.45, 2.75) is 6.54 Å². The maximum atomic E-state index is 5.31. The van der Waals surface area contributed by atoms with Gasteiger partial charge in [-0.2, -0.15) is 0 Å². The van der Waals surface area contributed by atoms with Crippen LogP contribution >= 0.6 is 27.3 Å². The summed E-state index contributed by atoms with van der Waals surface area (Å²) in [5.41, 5.74) is 0. The van der Waals surface area contributed by atoms with Crippen LogP contribution in [0.15, 0.2) is 15.9 Å². The van der Waals surface area contributed by atoms with Crippen molar-refractivity contribution in [3.63, 3.8) is 0 Å². The zero-order valence-electron chi connectivity index (χ0n) is 9.25. The quantitative estimate of drug-likeness (QED) is 0.841. The van der Waals surface area contributed by atoms with E-state index in [4.69, 9.17) is 4.74 Å². The highest BCUT2D eigenvalue weighted by Crippen LogP contribution is 2.21. The molecule has 0 saturated carbocycles. The van der Waals surface area contributed by atoms with Crippen LogP contribution in [0.1, 0.15) is 4.88 Å². The molecule has 0 spiro atoms. The summed E-state index contributed by atoms with van der Waals surface area (Å²) in [6, 6.07) is 4.26. The smallest absolute Gasteiger partial charge is 0.0701 e. The molecule has 1 fully saturated rings. The third-order valence-electron chi connectivity index (χ3n) is 2.64. The zero-order chi connectivity index (χ0) is 11.2. The Balaban J connectivity index is 1.57. The first-order valence-corrected chi connectivity index (χ1v) is 7.20. The normalized spacial score (nSPS) is 17.8. The van der Waals surface area contributed by atoms with Gasteiger partial charge in [-0.3, -0.25) is 4.90 Å². The summed E-state index contributed by atoms with van der Waals surface area (Å²) in [6.45, 7) is 7.07. The molecular weight excluding hydrogens is 288 g/mol. The number of ether oxygens (including phenoxy) is 1. The molecule has 2 heterocycles. The van der Waals surface area contributed by atoms with Crippen LogP contribution < -0.4 is 5.32 Å². The third-order valence-corrected chi connectivity index (χ3v) is 4.26. The Morgan fingerprint density at radius 2 is 2.19 bits per heavy atom. The minimum atomic E-state index is 0.887. The maximum absolute atomic E-state index is 5.31. The molecule has 5 heteroatoms. The average molecular weight is 305 g/mol. The topological polar surface area (TPSA) is 24.5 Å². The molecule has 3 nitrogen and oxygen atoms in total. The molecule has 1 aliphatic heterocycles. The van der Waals surface area contributed by atoms with E-state index in [0.717, 1.165) is 45.9 Å². The summed E-state index contributed by atoms with van der Waals surface area (Å²) in [4.78, 5) is 3.83. The average Bonchev–Trinajstić information content (AvgIpc) is 2.72. The number of rotatable bonds is 5. The molecule has 0 atom stereocenters. The predicted molar refractivity (Wildman–Crippen MR) is 71.0 cm³/mol. The number of nitrogens with zero attached hydrogens (tertiary/aromatic N) is 1. The second-order valence-corrected chi connectivity index (χ2v) is 6.38. The van der Waals surface area contributed by atoms with E-state index >= 15 is 0 Å². The van der Waals surface area contributed by atoms with Crippen molar-refractivity contribution in [3.8, 4) is 0 Å². The van der Waals surface area contributed by atoms with Crippen LogP contribution in [0, 0.1) is 0 Å². The van der Waals surface area contributed by atoms with Crippen LogP contribution in [0.5, 0.6) is 0 Å². The fraction of sp³-hybridized carbons (Fsp3) is 0.636. The van der Waals surface area contributed by atoms with Crippen LogP contribution in [0.25, 0.3) is 0 Å². The number of morpholine rings is 1. The minimum Gasteiger partial charge on any atom is -0.379 e. The van der Waals surface area contributed by atoms with Gasteiger partial charge in [0.1, 0.15) is 0 Å². The Bertz CT molecular complexity index is 313. The lowest BCUT2D eigenvalue weighted by Crippen LogP contribution is -2.40. The van der Waals surface area contributed by atoms with Crippen molar-refractivity contribution in [2.24, 2.45) is 0 Å². The first-order chi connectivity index (χ1) is 7.84. The molecular formula is C11H17BrN2OS. The predicted octanol–water partition coefficient (Wildman–Crippen LogP) is 1.93. The molecule has 0 radical (unpaired) electrons. The lowest BCUT2D eigenvalue weighted by atomic mass is 10.4. The first-order valence-electron chi connectivity index (χ1n) is 5.59. The Labute approximate surface area is 109 Å². The van der Waals surface area contributed by atoms with E-state index < -0.39 is 0 Å². The highest BCUT2D eigenvalue weighted by Gasteiger charge is 2.08. The van der Waals surface area contributed by atoms with Gasteiger partial charge in [-0.25, -0.2) is 0 Å². The summed E-state index contributed by atoms with van der Waals surface area (Å²) in [5.74, 6) is 0. The van der Waals surface area contributed by atoms with Gasteiger partial charge in [0.2, 0.25) is 0 Å². The molecule has 1 aromatic heterocycles. The van der Waals surface area contributed by atoms with Gasteiger partial charge in [-0.05, 0) is 28.1 Å². The molecule has 16 heavy (non-hydrogen) atoms. The Morgan fingerprint density at radius 3 is 2.88 bits per heavy atom. The standard InChI is InChI=1S/C11H17BrN2OS/c12-11-2-1-10(16-11)9-13-3-4-14-5-7-15-8-6-14/h1-2,13H,3-9H2. The fourth-order valence-electron chi connectivity index (χ4n) is 1.72. The van der Waals surface area contributed by atoms with Crippen molar-refractivity contribution in [2.75, 3.05) is 39.4 Å². The van der Waals surface area contributed by atoms with E-state index in [2.05, 4.69) is 38.3 Å². The molecule has 1 aromatic rings. The lowest BCUT2D eigenvalue weighted by molar-refractivity contribution is 0.0384. The molecule has 2 rings (SSSR count). The van der Waals surface area contributed by atoms with Crippen LogP contribution in [0.4, 0.5) is 0 Å². The van der Waals surface area contributed by atoms with Crippen molar-refractivity contribution in [1.82, 2.24) is 10.2 Å². The van der Waals surface area contributed by atoms with Crippen molar-refractivity contribution in [3.05, 3.63) is 20.8 Å². The number of halogens is 1. The molecule has 0 unspecified atom stereocenters. The summed E-state index contributed by atoms with van der Waals surface area (Å²) >= 11 is 5.27. The Kier molecular flexibility index (Phi) is 5.25. The van der Waals surface area contributed by atoms with Crippen LogP contribution in [-0.2, 0) is 11.3 Å². The third kappa shape index (κ3) is 4.14. The van der Waals surface area contributed by atoms with Crippen molar-refractivity contribution in [1.29, 1.82) is 0 Å².